The van der Waals surface area contributed by atoms with Crippen molar-refractivity contribution in [1.82, 2.24) is 34.0 Å². The number of likely N-dealkylation sites (tertiary alicyclic amines) is 1. The predicted octanol–water partition coefficient (Wildman–Crippen LogP) is 4.51. The highest BCUT2D eigenvalue weighted by Crippen LogP contribution is 2.44. The Kier molecular flexibility index (Phi) is 6.29. The zero-order valence-corrected chi connectivity index (χ0v) is 25.5. The smallest absolute Gasteiger partial charge is 0.286 e. The van der Waals surface area contributed by atoms with Gasteiger partial charge in [-0.05, 0) is 73.8 Å². The summed E-state index contributed by atoms with van der Waals surface area (Å²) in [7, 11) is 3.63. The van der Waals surface area contributed by atoms with Crippen molar-refractivity contribution in [3.63, 3.8) is 0 Å². The van der Waals surface area contributed by atoms with Crippen molar-refractivity contribution < 1.29 is 14.3 Å². The highest BCUT2D eigenvalue weighted by Gasteiger charge is 2.46. The van der Waals surface area contributed by atoms with Crippen LogP contribution in [0.25, 0.3) is 33.6 Å². The number of primary amides is 1. The minimum absolute atomic E-state index is 0.0415. The van der Waals surface area contributed by atoms with Crippen LogP contribution in [0.5, 0.6) is 5.75 Å². The number of hydrogen-bond acceptors (Lipinski definition) is 8. The molecule has 3 fully saturated rings. The molecule has 3 N–H and O–H groups in total. The lowest BCUT2D eigenvalue weighted by Crippen LogP contribution is -2.38. The summed E-state index contributed by atoms with van der Waals surface area (Å²) in [6.45, 7) is 3.93. The summed E-state index contributed by atoms with van der Waals surface area (Å²) in [5, 5.41) is 4.22. The summed E-state index contributed by atoms with van der Waals surface area (Å²) in [5.41, 5.74) is 9.85. The normalized spacial score (nSPS) is 20.8. The molecule has 230 valence electrons. The molecule has 3 atom stereocenters. The molecular formula is C33H35N9O3. The lowest BCUT2D eigenvalue weighted by molar-refractivity contribution is 0.0695. The number of imidazole rings is 1. The average Bonchev–Trinajstić information content (AvgIpc) is 3.45. The first-order valence-corrected chi connectivity index (χ1v) is 15.5. The van der Waals surface area contributed by atoms with Gasteiger partial charge >= 0.3 is 0 Å². The number of pyridine rings is 1. The lowest BCUT2D eigenvalue weighted by atomic mass is 10.0. The van der Waals surface area contributed by atoms with Gasteiger partial charge in [-0.2, -0.15) is 0 Å². The summed E-state index contributed by atoms with van der Waals surface area (Å²) in [6, 6.07) is 10.2. The molecular weight excluding hydrogens is 570 g/mol. The van der Waals surface area contributed by atoms with Gasteiger partial charge in [0.1, 0.15) is 22.7 Å². The van der Waals surface area contributed by atoms with Crippen molar-refractivity contribution in [3.05, 3.63) is 54.1 Å². The van der Waals surface area contributed by atoms with Crippen molar-refractivity contribution in [3.8, 4) is 17.3 Å². The first-order valence-electron chi connectivity index (χ1n) is 15.5. The number of nitrogens with zero attached hydrogens (tertiary/aromatic N) is 7. The quantitative estimate of drug-likeness (QED) is 0.263. The number of aromatic nitrogens is 6. The third kappa shape index (κ3) is 4.58. The number of anilines is 2. The molecule has 4 aromatic heterocycles. The van der Waals surface area contributed by atoms with Gasteiger partial charge in [-0.25, -0.2) is 19.9 Å². The molecule has 2 bridgehead atoms. The molecule has 8 rings (SSSR count). The zero-order valence-electron chi connectivity index (χ0n) is 25.5. The Morgan fingerprint density at radius 1 is 1.07 bits per heavy atom. The number of hydrogen-bond donors (Lipinski definition) is 2. The van der Waals surface area contributed by atoms with E-state index in [4.69, 9.17) is 20.4 Å². The number of methoxy groups -OCH3 is 1. The van der Waals surface area contributed by atoms with Crippen LogP contribution in [0.4, 0.5) is 11.5 Å². The Morgan fingerprint density at radius 3 is 2.53 bits per heavy atom. The Hall–Kier alpha value is -5.00. The molecule has 45 heavy (non-hydrogen) atoms. The van der Waals surface area contributed by atoms with Gasteiger partial charge < -0.3 is 29.8 Å². The minimum atomic E-state index is -0.679. The highest BCUT2D eigenvalue weighted by atomic mass is 16.5. The summed E-state index contributed by atoms with van der Waals surface area (Å²) in [5.74, 6) is 3.11. The lowest BCUT2D eigenvalue weighted by Gasteiger charge is -2.27. The second-order valence-electron chi connectivity index (χ2n) is 12.7. The summed E-state index contributed by atoms with van der Waals surface area (Å²) >= 11 is 0. The Morgan fingerprint density at radius 2 is 1.87 bits per heavy atom. The van der Waals surface area contributed by atoms with Gasteiger partial charge in [0.2, 0.25) is 5.82 Å². The van der Waals surface area contributed by atoms with Crippen LogP contribution in [0.2, 0.25) is 0 Å². The molecule has 12 heteroatoms. The fourth-order valence-corrected chi connectivity index (χ4v) is 7.32. The van der Waals surface area contributed by atoms with Crippen LogP contribution < -0.4 is 15.8 Å². The summed E-state index contributed by atoms with van der Waals surface area (Å²) in [6.07, 6.45) is 7.67. The first kappa shape index (κ1) is 27.5. The number of amides is 2. The van der Waals surface area contributed by atoms with Crippen LogP contribution in [0.15, 0.2) is 42.7 Å². The van der Waals surface area contributed by atoms with Gasteiger partial charge in [0.05, 0.1) is 36.4 Å². The SMILES string of the molecule is COc1cc(C(=O)N2CC3CCC2[C@@H]3C)cc2nc(-c3cc4ccc(Nc5cnc(C(N)=O)nc5)nc4n3CC3CC3)n(C)c12. The molecule has 1 saturated heterocycles. The van der Waals surface area contributed by atoms with Crippen molar-refractivity contribution in [2.24, 2.45) is 30.5 Å². The van der Waals surface area contributed by atoms with Gasteiger partial charge in [0, 0.05) is 37.1 Å². The number of ether oxygens (including phenoxy) is 1. The molecule has 1 aliphatic heterocycles. The maximum atomic E-state index is 13.8. The summed E-state index contributed by atoms with van der Waals surface area (Å²) in [4.78, 5) is 45.3. The fourth-order valence-electron chi connectivity index (χ4n) is 7.32. The number of fused-ring (bicyclic) bond motifs is 4. The zero-order chi connectivity index (χ0) is 31.0. The van der Waals surface area contributed by atoms with E-state index >= 15 is 0 Å². The van der Waals surface area contributed by atoms with Crippen LogP contribution in [0.3, 0.4) is 0 Å². The first-order chi connectivity index (χ1) is 21.8. The van der Waals surface area contributed by atoms with Gasteiger partial charge in [-0.15, -0.1) is 0 Å². The molecule has 2 saturated carbocycles. The van der Waals surface area contributed by atoms with Crippen molar-refractivity contribution in [2.45, 2.75) is 45.2 Å². The van der Waals surface area contributed by atoms with E-state index in [1.54, 1.807) is 7.11 Å². The highest BCUT2D eigenvalue weighted by molar-refractivity contribution is 6.00. The number of rotatable bonds is 8. The maximum absolute atomic E-state index is 13.8. The van der Waals surface area contributed by atoms with Crippen LogP contribution in [-0.4, -0.2) is 65.5 Å². The molecule has 5 aromatic rings. The van der Waals surface area contributed by atoms with E-state index < -0.39 is 5.91 Å². The topological polar surface area (TPSA) is 146 Å². The second-order valence-corrected chi connectivity index (χ2v) is 12.7. The number of carbonyl (C=O) groups is 2. The largest absolute Gasteiger partial charge is 0.494 e. The van der Waals surface area contributed by atoms with E-state index in [0.717, 1.165) is 53.1 Å². The Balaban J connectivity index is 1.18. The third-order valence-corrected chi connectivity index (χ3v) is 9.93. The fraction of sp³-hybridized carbons (Fsp3) is 0.394. The number of nitrogens with two attached hydrogens (primary N) is 1. The van der Waals surface area contributed by atoms with Gasteiger partial charge in [-0.1, -0.05) is 6.92 Å². The van der Waals surface area contributed by atoms with E-state index in [2.05, 4.69) is 42.3 Å². The van der Waals surface area contributed by atoms with E-state index in [-0.39, 0.29) is 11.7 Å². The molecule has 12 nitrogen and oxygen atoms in total. The molecule has 2 aliphatic carbocycles. The minimum Gasteiger partial charge on any atom is -0.494 e. The number of piperidine rings is 1. The van der Waals surface area contributed by atoms with Crippen LogP contribution >= 0.6 is 0 Å². The molecule has 1 aromatic carbocycles. The van der Waals surface area contributed by atoms with E-state index in [1.165, 1.54) is 31.7 Å². The van der Waals surface area contributed by atoms with Crippen LogP contribution in [0.1, 0.15) is 53.6 Å². The molecule has 0 radical (unpaired) electrons. The van der Waals surface area contributed by atoms with Gasteiger partial charge in [-0.3, -0.25) is 9.59 Å². The monoisotopic (exact) mass is 605 g/mol. The van der Waals surface area contributed by atoms with Crippen molar-refractivity contribution in [2.75, 3.05) is 19.0 Å². The van der Waals surface area contributed by atoms with Crippen molar-refractivity contribution in [1.29, 1.82) is 0 Å². The van der Waals surface area contributed by atoms with Crippen LogP contribution in [0, 0.1) is 17.8 Å². The van der Waals surface area contributed by atoms with E-state index in [0.29, 0.717) is 46.6 Å². The third-order valence-electron chi connectivity index (χ3n) is 9.93. The molecule has 2 unspecified atom stereocenters. The number of nitrogens with one attached hydrogen (secondary N) is 1. The van der Waals surface area contributed by atoms with E-state index in [9.17, 15) is 9.59 Å². The second kappa shape index (κ2) is 10.3. The van der Waals surface area contributed by atoms with Crippen LogP contribution in [-0.2, 0) is 13.6 Å². The Labute approximate surface area is 259 Å². The Bertz CT molecular complexity index is 1990. The molecule has 3 aliphatic rings. The average molecular weight is 606 g/mol. The standard InChI is InChI=1S/C33H35N9O3/c1-17-20-6-8-24(17)42(16-20)33(44)21-10-23-28(26(12-21)45-3)40(2)32(38-23)25-11-19-7-9-27(39-31(19)41(25)15-18-4-5-18)37-22-13-35-30(29(34)43)36-14-22/h7,9-14,17-18,20,24H,4-6,8,15-16H2,1-3H3,(H2,34,43)(H,37,39)/t17-,20?,24?/m1/s1. The summed E-state index contributed by atoms with van der Waals surface area (Å²) < 4.78 is 10.2. The molecule has 2 amide bonds. The molecule has 5 heterocycles. The molecule has 0 spiro atoms. The predicted molar refractivity (Wildman–Crippen MR) is 169 cm³/mol. The van der Waals surface area contributed by atoms with Gasteiger partial charge in [0.25, 0.3) is 11.8 Å². The van der Waals surface area contributed by atoms with E-state index in [1.807, 2.05) is 31.3 Å². The van der Waals surface area contributed by atoms with Crippen molar-refractivity contribution >= 4 is 45.4 Å². The number of carbonyl (C=O) groups excluding carboxylic acids is 2. The maximum Gasteiger partial charge on any atom is 0.286 e. The van der Waals surface area contributed by atoms with Gasteiger partial charge in [0.15, 0.2) is 5.82 Å². The number of aryl methyl sites for hydroxylation is 1. The number of benzene rings is 1.